The predicted octanol–water partition coefficient (Wildman–Crippen LogP) is 10.8. The number of nitrogens with zero attached hydrogens (tertiary/aromatic N) is 4. The molecule has 2 aromatic heterocycles. The zero-order valence-electron chi connectivity index (χ0n) is 26.0. The molecule has 0 aliphatic carbocycles. The molecule has 224 valence electrons. The van der Waals surface area contributed by atoms with Gasteiger partial charge in [-0.2, -0.15) is 0 Å². The van der Waals surface area contributed by atoms with E-state index in [0.29, 0.717) is 0 Å². The summed E-state index contributed by atoms with van der Waals surface area (Å²) in [4.78, 5) is 21.4. The van der Waals surface area contributed by atoms with Crippen molar-refractivity contribution in [2.45, 2.75) is 0 Å². The summed E-state index contributed by atoms with van der Waals surface area (Å²) >= 11 is 0. The van der Waals surface area contributed by atoms with Crippen molar-refractivity contribution >= 4 is 44.3 Å². The molecule has 0 spiro atoms. The predicted molar refractivity (Wildman–Crippen MR) is 198 cm³/mol. The third kappa shape index (κ3) is 5.06. The molecule has 8 aromatic rings. The monoisotopic (exact) mass is 612 g/mol. The average molecular weight is 613 g/mol. The zero-order chi connectivity index (χ0) is 31.9. The zero-order valence-corrected chi connectivity index (χ0v) is 26.0. The first-order chi connectivity index (χ1) is 23.8. The normalized spacial score (nSPS) is 14.6. The van der Waals surface area contributed by atoms with E-state index in [1.807, 2.05) is 60.7 Å². The second-order valence-electron chi connectivity index (χ2n) is 11.9. The first kappa shape index (κ1) is 27.8. The molecule has 3 heterocycles. The van der Waals surface area contributed by atoms with Gasteiger partial charge in [-0.15, -0.1) is 0 Å². The van der Waals surface area contributed by atoms with Crippen molar-refractivity contribution in [3.8, 4) is 22.5 Å². The minimum absolute atomic E-state index is 0.777. The van der Waals surface area contributed by atoms with Crippen LogP contribution < -0.4 is 0 Å². The Morgan fingerprint density at radius 3 is 1.06 bits per heavy atom. The Labute approximate surface area is 278 Å². The highest BCUT2D eigenvalue weighted by Gasteiger charge is 2.23. The lowest BCUT2D eigenvalue weighted by Crippen LogP contribution is -2.13. The van der Waals surface area contributed by atoms with E-state index in [4.69, 9.17) is 20.0 Å². The number of hydrogen-bond acceptors (Lipinski definition) is 4. The van der Waals surface area contributed by atoms with Crippen LogP contribution in [0.3, 0.4) is 0 Å². The molecule has 0 saturated heterocycles. The quantitative estimate of drug-likeness (QED) is 0.199. The fourth-order valence-corrected chi connectivity index (χ4v) is 6.45. The molecule has 0 saturated carbocycles. The standard InChI is InChI=1S/C44H28N4/c1-3-13-29(14-4-1)37-21-11-23-39(45-37)43-35-25-31-17-7-9-19-33(31)27-41(35)48-44(36-26-32-18-8-10-20-34(32)28-42(36)47-43)40-24-12-22-38(46-40)30-15-5-2-6-16-30/h1-28H/b43-35?,44-36?,47-42?,47-43+,48-41?,48-44+. The van der Waals surface area contributed by atoms with Crippen LogP contribution in [0.4, 0.5) is 11.4 Å². The number of aromatic nitrogens is 2. The molecule has 4 nitrogen and oxygen atoms in total. The summed E-state index contributed by atoms with van der Waals surface area (Å²) in [6.45, 7) is 0. The van der Waals surface area contributed by atoms with Gasteiger partial charge in [-0.25, -0.2) is 20.0 Å². The average Bonchev–Trinajstić information content (AvgIpc) is 3.15. The molecule has 0 unspecified atom stereocenters. The van der Waals surface area contributed by atoms with E-state index < -0.39 is 0 Å². The van der Waals surface area contributed by atoms with Crippen LogP contribution in [0.15, 0.2) is 180 Å². The van der Waals surface area contributed by atoms with Gasteiger partial charge in [0.15, 0.2) is 0 Å². The summed E-state index contributed by atoms with van der Waals surface area (Å²) in [7, 11) is 0. The van der Waals surface area contributed by atoms with E-state index in [0.717, 1.165) is 89.4 Å². The van der Waals surface area contributed by atoms with Gasteiger partial charge < -0.3 is 0 Å². The number of pyridine rings is 2. The smallest absolute Gasteiger partial charge is 0.0988 e. The van der Waals surface area contributed by atoms with Crippen LogP contribution in [0.25, 0.3) is 44.1 Å². The lowest BCUT2D eigenvalue weighted by atomic mass is 9.95. The van der Waals surface area contributed by atoms with Crippen molar-refractivity contribution in [2.24, 2.45) is 9.98 Å². The first-order valence-corrected chi connectivity index (χ1v) is 16.1. The third-order valence-electron chi connectivity index (χ3n) is 8.83. The number of hydrogen-bond donors (Lipinski definition) is 0. The molecule has 1 aliphatic rings. The fraction of sp³-hybridized carbons (Fsp3) is 0. The van der Waals surface area contributed by atoms with Gasteiger partial charge in [0.2, 0.25) is 0 Å². The highest BCUT2D eigenvalue weighted by atomic mass is 14.9. The van der Waals surface area contributed by atoms with Crippen LogP contribution in [-0.2, 0) is 0 Å². The van der Waals surface area contributed by atoms with E-state index in [-0.39, 0.29) is 0 Å². The highest BCUT2D eigenvalue weighted by Crippen LogP contribution is 2.37. The number of aliphatic imine (C=N–C) groups is 2. The molecule has 48 heavy (non-hydrogen) atoms. The molecular formula is C44H28N4. The van der Waals surface area contributed by atoms with Gasteiger partial charge in [-0.3, -0.25) is 0 Å². The third-order valence-corrected chi connectivity index (χ3v) is 8.83. The van der Waals surface area contributed by atoms with E-state index in [9.17, 15) is 0 Å². The maximum Gasteiger partial charge on any atom is 0.0988 e. The molecular weight excluding hydrogens is 585 g/mol. The maximum absolute atomic E-state index is 5.50. The van der Waals surface area contributed by atoms with Gasteiger partial charge in [-0.05, 0) is 70.1 Å². The Balaban J connectivity index is 1.34. The van der Waals surface area contributed by atoms with Crippen molar-refractivity contribution in [1.82, 2.24) is 9.97 Å². The van der Waals surface area contributed by atoms with Crippen LogP contribution in [0.5, 0.6) is 0 Å². The number of rotatable bonds is 4. The summed E-state index contributed by atoms with van der Waals surface area (Å²) in [5.74, 6) is 0. The lowest BCUT2D eigenvalue weighted by Gasteiger charge is -2.19. The Morgan fingerprint density at radius 2 is 0.646 bits per heavy atom. The van der Waals surface area contributed by atoms with Gasteiger partial charge in [-0.1, -0.05) is 121 Å². The number of fused-ring (bicyclic) bond motifs is 4. The molecule has 0 fully saturated rings. The van der Waals surface area contributed by atoms with Crippen molar-refractivity contribution in [1.29, 1.82) is 0 Å². The molecule has 4 heteroatoms. The van der Waals surface area contributed by atoms with Crippen molar-refractivity contribution in [2.75, 3.05) is 0 Å². The summed E-state index contributed by atoms with van der Waals surface area (Å²) in [6.07, 6.45) is 0. The Bertz CT molecular complexity index is 2370. The SMILES string of the molecule is c1ccc(-c2cccc(/C3=N/c4cc5ccccc5cc4/C(c4cccc(-c5ccccc5)n4)=N\c4cc5ccccc5cc43)n2)cc1. The van der Waals surface area contributed by atoms with Gasteiger partial charge in [0.25, 0.3) is 0 Å². The second kappa shape index (κ2) is 11.7. The van der Waals surface area contributed by atoms with Gasteiger partial charge >= 0.3 is 0 Å². The van der Waals surface area contributed by atoms with Gasteiger partial charge in [0.1, 0.15) is 0 Å². The summed E-state index contributed by atoms with van der Waals surface area (Å²) in [6, 6.07) is 58.3. The van der Waals surface area contributed by atoms with Gasteiger partial charge in [0, 0.05) is 22.3 Å². The molecule has 0 amide bonds. The molecule has 0 atom stereocenters. The van der Waals surface area contributed by atoms with E-state index in [1.54, 1.807) is 0 Å². The molecule has 6 aromatic carbocycles. The largest absolute Gasteiger partial charge is 0.246 e. The Morgan fingerprint density at radius 1 is 0.292 bits per heavy atom. The van der Waals surface area contributed by atoms with Crippen LogP contribution in [-0.4, -0.2) is 21.4 Å². The van der Waals surface area contributed by atoms with Crippen molar-refractivity contribution < 1.29 is 0 Å². The number of benzene rings is 6. The Hall–Kier alpha value is -6.52. The van der Waals surface area contributed by atoms with Crippen LogP contribution in [0.2, 0.25) is 0 Å². The van der Waals surface area contributed by atoms with E-state index in [1.165, 1.54) is 0 Å². The molecule has 0 bridgehead atoms. The van der Waals surface area contributed by atoms with Crippen molar-refractivity contribution in [3.63, 3.8) is 0 Å². The molecule has 9 rings (SSSR count). The minimum atomic E-state index is 0.777. The lowest BCUT2D eigenvalue weighted by molar-refractivity contribution is 1.26. The fourth-order valence-electron chi connectivity index (χ4n) is 6.45. The second-order valence-corrected chi connectivity index (χ2v) is 11.9. The summed E-state index contributed by atoms with van der Waals surface area (Å²) < 4.78 is 0. The molecule has 1 aliphatic heterocycles. The van der Waals surface area contributed by atoms with E-state index >= 15 is 0 Å². The Kier molecular flexibility index (Phi) is 6.76. The van der Waals surface area contributed by atoms with Crippen LogP contribution in [0, 0.1) is 0 Å². The maximum atomic E-state index is 5.50. The topological polar surface area (TPSA) is 50.5 Å². The van der Waals surface area contributed by atoms with Crippen LogP contribution in [0.1, 0.15) is 22.5 Å². The highest BCUT2D eigenvalue weighted by molar-refractivity contribution is 6.23. The minimum Gasteiger partial charge on any atom is -0.246 e. The summed E-state index contributed by atoms with van der Waals surface area (Å²) in [5.41, 5.74) is 10.5. The van der Waals surface area contributed by atoms with Crippen molar-refractivity contribution in [3.05, 3.63) is 192 Å². The molecule has 0 radical (unpaired) electrons. The van der Waals surface area contributed by atoms with E-state index in [2.05, 4.69) is 109 Å². The summed E-state index contributed by atoms with van der Waals surface area (Å²) in [5, 5.41) is 4.44. The van der Waals surface area contributed by atoms with Crippen LogP contribution >= 0.6 is 0 Å². The first-order valence-electron chi connectivity index (χ1n) is 16.1. The van der Waals surface area contributed by atoms with Gasteiger partial charge in [0.05, 0.1) is 45.6 Å². The molecule has 0 N–H and O–H groups in total.